The number of hydrogen-bond donors (Lipinski definition) is 3. The Kier molecular flexibility index (Phi) is 7.93. The molecule has 2 aromatic rings. The minimum Gasteiger partial charge on any atom is -0.508 e. The molecular weight excluding hydrogens is 388 g/mol. The van der Waals surface area contributed by atoms with Crippen LogP contribution < -0.4 is 10.6 Å². The van der Waals surface area contributed by atoms with Crippen LogP contribution in [0.2, 0.25) is 0 Å². The van der Waals surface area contributed by atoms with Gasteiger partial charge in [0.2, 0.25) is 0 Å². The molecule has 0 fully saturated rings. The van der Waals surface area contributed by atoms with Crippen molar-refractivity contribution in [3.63, 3.8) is 0 Å². The number of phenols is 1. The molecule has 0 heterocycles. The number of carbonyl (C=O) groups is 1. The van der Waals surface area contributed by atoms with E-state index in [2.05, 4.69) is 16.7 Å². The molecule has 1 aliphatic carbocycles. The molecule has 3 rings (SSSR count). The Morgan fingerprint density at radius 2 is 1.94 bits per heavy atom. The number of rotatable bonds is 7. The molecule has 0 spiro atoms. The molecule has 6 heteroatoms. The number of phenolic OH excluding ortho intramolecular Hbond substituents is 1. The smallest absolute Gasteiger partial charge is 0.253 e. The highest BCUT2D eigenvalue weighted by Gasteiger charge is 2.16. The first kappa shape index (κ1) is 22.7. The zero-order valence-corrected chi connectivity index (χ0v) is 18.9. The number of nitrogens with one attached hydrogen (secondary N) is 2. The van der Waals surface area contributed by atoms with Crippen LogP contribution in [0.1, 0.15) is 52.4 Å². The van der Waals surface area contributed by atoms with Gasteiger partial charge in [-0.1, -0.05) is 18.2 Å². The third kappa shape index (κ3) is 6.00. The lowest BCUT2D eigenvalue weighted by Gasteiger charge is -2.20. The lowest BCUT2D eigenvalue weighted by atomic mass is 9.88. The van der Waals surface area contributed by atoms with Gasteiger partial charge in [0.25, 0.3) is 5.91 Å². The number of aromatic hydroxyl groups is 1. The van der Waals surface area contributed by atoms with Crippen molar-refractivity contribution < 1.29 is 9.90 Å². The van der Waals surface area contributed by atoms with E-state index in [1.807, 2.05) is 31.2 Å². The second kappa shape index (κ2) is 10.8. The van der Waals surface area contributed by atoms with Crippen LogP contribution in [0.15, 0.2) is 41.4 Å². The molecule has 0 aromatic heterocycles. The van der Waals surface area contributed by atoms with E-state index in [0.29, 0.717) is 24.4 Å². The van der Waals surface area contributed by atoms with Crippen LogP contribution in [0.5, 0.6) is 5.75 Å². The van der Waals surface area contributed by atoms with Crippen LogP contribution in [0.3, 0.4) is 0 Å². The molecule has 0 atom stereocenters. The van der Waals surface area contributed by atoms with Gasteiger partial charge in [-0.3, -0.25) is 4.79 Å². The maximum Gasteiger partial charge on any atom is 0.253 e. The maximum atomic E-state index is 12.2. The SMILES string of the molecule is CCNC(=NCc1c(O)ccc2c1CCCC2)NCCc1cccc(C(=O)N(C)C)c1. The molecule has 166 valence electrons. The van der Waals surface area contributed by atoms with Crippen LogP contribution in [-0.4, -0.2) is 49.1 Å². The van der Waals surface area contributed by atoms with Crippen molar-refractivity contribution in [1.29, 1.82) is 0 Å². The largest absolute Gasteiger partial charge is 0.508 e. The predicted molar refractivity (Wildman–Crippen MR) is 126 cm³/mol. The van der Waals surface area contributed by atoms with Crippen LogP contribution >= 0.6 is 0 Å². The van der Waals surface area contributed by atoms with E-state index < -0.39 is 0 Å². The van der Waals surface area contributed by atoms with Gasteiger partial charge in [0.15, 0.2) is 5.96 Å². The summed E-state index contributed by atoms with van der Waals surface area (Å²) in [6, 6.07) is 11.6. The van der Waals surface area contributed by atoms with E-state index in [1.54, 1.807) is 25.1 Å². The van der Waals surface area contributed by atoms with Gasteiger partial charge in [0, 0.05) is 38.3 Å². The molecule has 6 nitrogen and oxygen atoms in total. The second-order valence-corrected chi connectivity index (χ2v) is 8.18. The molecule has 3 N–H and O–H groups in total. The fraction of sp³-hybridized carbons (Fsp3) is 0.440. The average molecular weight is 423 g/mol. The Balaban J connectivity index is 1.64. The summed E-state index contributed by atoms with van der Waals surface area (Å²) in [5.74, 6) is 1.08. The van der Waals surface area contributed by atoms with Gasteiger partial charge in [-0.05, 0) is 73.9 Å². The van der Waals surface area contributed by atoms with Crippen molar-refractivity contribution in [2.75, 3.05) is 27.2 Å². The quantitative estimate of drug-likeness (QED) is 0.473. The highest BCUT2D eigenvalue weighted by atomic mass is 16.3. The van der Waals surface area contributed by atoms with Crippen molar-refractivity contribution >= 4 is 11.9 Å². The summed E-state index contributed by atoms with van der Waals surface area (Å²) in [6.45, 7) is 3.95. The number of aliphatic imine (C=N–C) groups is 1. The standard InChI is InChI=1S/C25H34N4O2/c1-4-26-25(27-15-14-18-8-7-10-20(16-18)24(31)29(2)3)28-17-22-21-11-6-5-9-19(21)12-13-23(22)30/h7-8,10,12-13,16,30H,4-6,9,11,14-15,17H2,1-3H3,(H2,26,27,28). The van der Waals surface area contributed by atoms with E-state index in [-0.39, 0.29) is 5.91 Å². The summed E-state index contributed by atoms with van der Waals surface area (Å²) >= 11 is 0. The normalized spacial score (nSPS) is 13.5. The summed E-state index contributed by atoms with van der Waals surface area (Å²) in [7, 11) is 3.52. The highest BCUT2D eigenvalue weighted by Crippen LogP contribution is 2.31. The van der Waals surface area contributed by atoms with Crippen LogP contribution in [-0.2, 0) is 25.8 Å². The van der Waals surface area contributed by atoms with Gasteiger partial charge >= 0.3 is 0 Å². The summed E-state index contributed by atoms with van der Waals surface area (Å²) in [4.78, 5) is 18.5. The summed E-state index contributed by atoms with van der Waals surface area (Å²) < 4.78 is 0. The third-order valence-electron chi connectivity index (χ3n) is 5.65. The molecule has 1 aliphatic rings. The highest BCUT2D eigenvalue weighted by molar-refractivity contribution is 5.94. The number of hydrogen-bond acceptors (Lipinski definition) is 3. The van der Waals surface area contributed by atoms with Crippen LogP contribution in [0.4, 0.5) is 0 Å². The van der Waals surface area contributed by atoms with Crippen molar-refractivity contribution in [3.8, 4) is 5.75 Å². The second-order valence-electron chi connectivity index (χ2n) is 8.18. The summed E-state index contributed by atoms with van der Waals surface area (Å²) in [6.07, 6.45) is 5.26. The number of nitrogens with zero attached hydrogens (tertiary/aromatic N) is 2. The number of carbonyl (C=O) groups excluding carboxylic acids is 1. The Morgan fingerprint density at radius 1 is 1.13 bits per heavy atom. The van der Waals surface area contributed by atoms with E-state index in [0.717, 1.165) is 42.9 Å². The number of amides is 1. The molecular formula is C25H34N4O2. The molecule has 31 heavy (non-hydrogen) atoms. The van der Waals surface area contributed by atoms with Crippen LogP contribution in [0, 0.1) is 0 Å². The van der Waals surface area contributed by atoms with E-state index in [1.165, 1.54) is 24.0 Å². The Morgan fingerprint density at radius 3 is 2.71 bits per heavy atom. The Labute approximate surface area is 185 Å². The van der Waals surface area contributed by atoms with Crippen molar-refractivity contribution in [2.24, 2.45) is 4.99 Å². The van der Waals surface area contributed by atoms with Gasteiger partial charge in [-0.2, -0.15) is 0 Å². The topological polar surface area (TPSA) is 77.0 Å². The Hall–Kier alpha value is -3.02. The minimum absolute atomic E-state index is 0.00992. The fourth-order valence-corrected chi connectivity index (χ4v) is 4.01. The molecule has 0 saturated carbocycles. The molecule has 0 bridgehead atoms. The van der Waals surface area contributed by atoms with Crippen LogP contribution in [0.25, 0.3) is 0 Å². The van der Waals surface area contributed by atoms with Gasteiger partial charge in [-0.25, -0.2) is 4.99 Å². The Bertz CT molecular complexity index is 937. The molecule has 2 aromatic carbocycles. The van der Waals surface area contributed by atoms with Crippen molar-refractivity contribution in [1.82, 2.24) is 15.5 Å². The predicted octanol–water partition coefficient (Wildman–Crippen LogP) is 3.27. The van der Waals surface area contributed by atoms with Gasteiger partial charge in [0.05, 0.1) is 6.54 Å². The van der Waals surface area contributed by atoms with E-state index in [4.69, 9.17) is 4.99 Å². The lowest BCUT2D eigenvalue weighted by molar-refractivity contribution is 0.0827. The number of benzene rings is 2. The first-order valence-corrected chi connectivity index (χ1v) is 11.1. The summed E-state index contributed by atoms with van der Waals surface area (Å²) in [5.41, 5.74) is 5.37. The molecule has 1 amide bonds. The maximum absolute atomic E-state index is 12.2. The fourth-order valence-electron chi connectivity index (χ4n) is 4.01. The van der Waals surface area contributed by atoms with E-state index in [9.17, 15) is 9.90 Å². The monoisotopic (exact) mass is 422 g/mol. The third-order valence-corrected chi connectivity index (χ3v) is 5.65. The zero-order valence-electron chi connectivity index (χ0n) is 18.9. The number of fused-ring (bicyclic) bond motifs is 1. The lowest BCUT2D eigenvalue weighted by Crippen LogP contribution is -2.38. The molecule has 0 radical (unpaired) electrons. The van der Waals surface area contributed by atoms with Gasteiger partial charge in [0.1, 0.15) is 5.75 Å². The number of guanidine groups is 1. The zero-order chi connectivity index (χ0) is 22.2. The van der Waals surface area contributed by atoms with Gasteiger partial charge in [-0.15, -0.1) is 0 Å². The van der Waals surface area contributed by atoms with Gasteiger partial charge < -0.3 is 20.6 Å². The van der Waals surface area contributed by atoms with Crippen molar-refractivity contribution in [2.45, 2.75) is 45.6 Å². The first-order valence-electron chi connectivity index (χ1n) is 11.1. The van der Waals surface area contributed by atoms with Crippen molar-refractivity contribution in [3.05, 3.63) is 64.2 Å². The molecule has 0 unspecified atom stereocenters. The average Bonchev–Trinajstić information content (AvgIpc) is 2.78. The number of aryl methyl sites for hydroxylation is 1. The summed E-state index contributed by atoms with van der Waals surface area (Å²) in [5, 5.41) is 17.1. The minimum atomic E-state index is 0.00992. The molecule has 0 saturated heterocycles. The van der Waals surface area contributed by atoms with E-state index >= 15 is 0 Å². The molecule has 0 aliphatic heterocycles. The first-order chi connectivity index (χ1) is 15.0.